The molecule has 3 fully saturated rings. The summed E-state index contributed by atoms with van der Waals surface area (Å²) in [5, 5.41) is 8.11. The Bertz CT molecular complexity index is 826. The van der Waals surface area contributed by atoms with Gasteiger partial charge >= 0.3 is 0 Å². The van der Waals surface area contributed by atoms with Gasteiger partial charge in [-0.05, 0) is 51.6 Å². The molecule has 2 saturated heterocycles. The molecule has 1 N–H and O–H groups in total. The number of aryl methyl sites for hydroxylation is 1. The number of amides is 1. The third kappa shape index (κ3) is 2.63. The van der Waals surface area contributed by atoms with E-state index >= 15 is 0 Å². The maximum Gasteiger partial charge on any atom is 0.259 e. The molecule has 0 aromatic carbocycles. The van der Waals surface area contributed by atoms with Gasteiger partial charge in [-0.15, -0.1) is 0 Å². The molecule has 1 amide bonds. The number of nitrogens with one attached hydrogen (secondary N) is 1. The molecule has 132 valence electrons. The number of rotatable bonds is 3. The summed E-state index contributed by atoms with van der Waals surface area (Å²) in [5.41, 5.74) is 2.89. The second-order valence-corrected chi connectivity index (χ2v) is 7.78. The summed E-state index contributed by atoms with van der Waals surface area (Å²) >= 11 is 0. The maximum absolute atomic E-state index is 13.1. The molecule has 25 heavy (non-hydrogen) atoms. The lowest BCUT2D eigenvalue weighted by molar-refractivity contribution is 0.0916. The van der Waals surface area contributed by atoms with E-state index in [0.29, 0.717) is 23.2 Å². The van der Waals surface area contributed by atoms with E-state index in [1.165, 1.54) is 25.8 Å². The van der Waals surface area contributed by atoms with E-state index in [4.69, 9.17) is 4.52 Å². The number of fused-ring (bicyclic) bond motifs is 2. The van der Waals surface area contributed by atoms with Gasteiger partial charge in [0.2, 0.25) is 0 Å². The van der Waals surface area contributed by atoms with Gasteiger partial charge in [-0.25, -0.2) is 4.98 Å². The zero-order chi connectivity index (χ0) is 17.0. The quantitative estimate of drug-likeness (QED) is 0.930. The summed E-state index contributed by atoms with van der Waals surface area (Å²) in [4.78, 5) is 20.2. The van der Waals surface area contributed by atoms with E-state index in [1.54, 1.807) is 0 Å². The summed E-state index contributed by atoms with van der Waals surface area (Å²) in [6.45, 7) is 4.15. The van der Waals surface area contributed by atoms with Crippen LogP contribution in [0, 0.1) is 6.92 Å². The highest BCUT2D eigenvalue weighted by atomic mass is 16.5. The molecule has 6 heteroatoms. The van der Waals surface area contributed by atoms with Crippen LogP contribution >= 0.6 is 0 Å². The van der Waals surface area contributed by atoms with E-state index in [9.17, 15) is 4.79 Å². The van der Waals surface area contributed by atoms with Crippen molar-refractivity contribution in [3.05, 3.63) is 23.0 Å². The molecule has 2 aromatic heterocycles. The number of carbonyl (C=O) groups excluding carboxylic acids is 1. The highest BCUT2D eigenvalue weighted by molar-refractivity contribution is 6.06. The van der Waals surface area contributed by atoms with Gasteiger partial charge < -0.3 is 9.84 Å². The number of nitrogens with zero attached hydrogens (tertiary/aromatic N) is 3. The van der Waals surface area contributed by atoms with Crippen molar-refractivity contribution in [1.82, 2.24) is 20.4 Å². The van der Waals surface area contributed by atoms with Crippen LogP contribution in [0.3, 0.4) is 0 Å². The minimum Gasteiger partial charge on any atom is -0.348 e. The maximum atomic E-state index is 13.1. The molecule has 3 aliphatic rings. The zero-order valence-corrected chi connectivity index (χ0v) is 14.6. The van der Waals surface area contributed by atoms with Crippen LogP contribution in [0.2, 0.25) is 0 Å². The van der Waals surface area contributed by atoms with Crippen molar-refractivity contribution in [2.75, 3.05) is 13.1 Å². The van der Waals surface area contributed by atoms with Gasteiger partial charge in [0.25, 0.3) is 11.6 Å². The van der Waals surface area contributed by atoms with Gasteiger partial charge in [0.15, 0.2) is 0 Å². The molecule has 0 spiro atoms. The predicted molar refractivity (Wildman–Crippen MR) is 93.6 cm³/mol. The molecule has 6 nitrogen and oxygen atoms in total. The second-order valence-electron chi connectivity index (χ2n) is 7.78. The summed E-state index contributed by atoms with van der Waals surface area (Å²) in [5.74, 6) is 0.472. The first kappa shape index (κ1) is 15.3. The first-order valence-corrected chi connectivity index (χ1v) is 9.52. The number of aromatic nitrogens is 2. The van der Waals surface area contributed by atoms with Crippen LogP contribution in [-0.4, -0.2) is 46.1 Å². The van der Waals surface area contributed by atoms with Gasteiger partial charge in [0.05, 0.1) is 16.6 Å². The first-order valence-electron chi connectivity index (χ1n) is 9.52. The molecular formula is C19H24N4O2. The summed E-state index contributed by atoms with van der Waals surface area (Å²) in [7, 11) is 0. The number of hydrogen-bond donors (Lipinski definition) is 1. The van der Waals surface area contributed by atoms with Crippen molar-refractivity contribution < 1.29 is 9.32 Å². The SMILES string of the molecule is Cc1noc2nc(C3CC3)cc(C(=O)N[C@H]3CCN4CCCC[C@@H]34)c12. The molecule has 0 bridgehead atoms. The van der Waals surface area contributed by atoms with Crippen LogP contribution < -0.4 is 5.32 Å². The minimum atomic E-state index is -0.00183. The third-order valence-corrected chi connectivity index (χ3v) is 6.05. The Morgan fingerprint density at radius 3 is 2.96 bits per heavy atom. The Kier molecular flexibility index (Phi) is 3.55. The Hall–Kier alpha value is -1.95. The largest absolute Gasteiger partial charge is 0.348 e. The molecule has 0 radical (unpaired) electrons. The number of pyridine rings is 1. The number of carbonyl (C=O) groups is 1. The topological polar surface area (TPSA) is 71.3 Å². The molecule has 1 saturated carbocycles. The molecule has 4 heterocycles. The standard InChI is InChI=1S/C19H24N4O2/c1-11-17-13(10-15(12-5-6-12)21-19(17)25-22-11)18(24)20-14-7-9-23-8-3-2-4-16(14)23/h10,12,14,16H,2-9H2,1H3,(H,20,24)/t14-,16-/m0/s1. The normalized spacial score (nSPS) is 26.8. The zero-order valence-electron chi connectivity index (χ0n) is 14.6. The summed E-state index contributed by atoms with van der Waals surface area (Å²) in [6, 6.07) is 2.72. The van der Waals surface area contributed by atoms with Crippen LogP contribution in [0.25, 0.3) is 11.1 Å². The molecule has 5 rings (SSSR count). The Balaban J connectivity index is 1.45. The van der Waals surface area contributed by atoms with Gasteiger partial charge in [-0.2, -0.15) is 0 Å². The van der Waals surface area contributed by atoms with Crippen LogP contribution in [0.4, 0.5) is 0 Å². The van der Waals surface area contributed by atoms with Crippen LogP contribution in [-0.2, 0) is 0 Å². The smallest absolute Gasteiger partial charge is 0.259 e. The third-order valence-electron chi connectivity index (χ3n) is 6.05. The van der Waals surface area contributed by atoms with E-state index < -0.39 is 0 Å². The van der Waals surface area contributed by atoms with Crippen molar-refractivity contribution >= 4 is 17.0 Å². The minimum absolute atomic E-state index is 0.00183. The van der Waals surface area contributed by atoms with Crippen LogP contribution in [0.5, 0.6) is 0 Å². The van der Waals surface area contributed by atoms with E-state index in [0.717, 1.165) is 42.6 Å². The lowest BCUT2D eigenvalue weighted by Gasteiger charge is -2.32. The lowest BCUT2D eigenvalue weighted by atomic mass is 9.98. The van der Waals surface area contributed by atoms with Crippen LogP contribution in [0.15, 0.2) is 10.6 Å². The Morgan fingerprint density at radius 1 is 1.24 bits per heavy atom. The molecule has 1 aliphatic carbocycles. The fourth-order valence-electron chi connectivity index (χ4n) is 4.54. The first-order chi connectivity index (χ1) is 12.2. The van der Waals surface area contributed by atoms with Gasteiger partial charge in [-0.1, -0.05) is 11.6 Å². The highest BCUT2D eigenvalue weighted by Gasteiger charge is 2.37. The number of hydrogen-bond acceptors (Lipinski definition) is 5. The van der Waals surface area contributed by atoms with Crippen molar-refractivity contribution in [1.29, 1.82) is 0 Å². The lowest BCUT2D eigenvalue weighted by Crippen LogP contribution is -2.46. The highest BCUT2D eigenvalue weighted by Crippen LogP contribution is 2.40. The molecule has 2 aliphatic heterocycles. The van der Waals surface area contributed by atoms with Crippen LogP contribution in [0.1, 0.15) is 66.2 Å². The Morgan fingerprint density at radius 2 is 2.12 bits per heavy atom. The summed E-state index contributed by atoms with van der Waals surface area (Å²) < 4.78 is 5.36. The fraction of sp³-hybridized carbons (Fsp3) is 0.632. The van der Waals surface area contributed by atoms with Crippen molar-refractivity contribution in [2.24, 2.45) is 0 Å². The summed E-state index contributed by atoms with van der Waals surface area (Å²) in [6.07, 6.45) is 7.08. The fourth-order valence-corrected chi connectivity index (χ4v) is 4.54. The van der Waals surface area contributed by atoms with Crippen molar-refractivity contribution in [2.45, 2.75) is 63.5 Å². The van der Waals surface area contributed by atoms with Crippen molar-refractivity contribution in [3.8, 4) is 0 Å². The average Bonchev–Trinajstić information content (AvgIpc) is 3.32. The van der Waals surface area contributed by atoms with Gasteiger partial charge in [0, 0.05) is 30.2 Å². The predicted octanol–water partition coefficient (Wildman–Crippen LogP) is 2.77. The Labute approximate surface area is 146 Å². The molecule has 0 unspecified atom stereocenters. The van der Waals surface area contributed by atoms with Gasteiger partial charge in [0.1, 0.15) is 0 Å². The molecular weight excluding hydrogens is 316 g/mol. The number of piperidine rings is 1. The van der Waals surface area contributed by atoms with E-state index in [-0.39, 0.29) is 11.9 Å². The molecule has 2 aromatic rings. The monoisotopic (exact) mass is 340 g/mol. The second kappa shape index (κ2) is 5.80. The molecule has 2 atom stereocenters. The van der Waals surface area contributed by atoms with E-state index in [1.807, 2.05) is 13.0 Å². The van der Waals surface area contributed by atoms with E-state index in [2.05, 4.69) is 20.4 Å². The van der Waals surface area contributed by atoms with Crippen molar-refractivity contribution in [3.63, 3.8) is 0 Å². The average molecular weight is 340 g/mol. The van der Waals surface area contributed by atoms with Gasteiger partial charge in [-0.3, -0.25) is 9.69 Å².